The number of benzene rings is 2. The highest BCUT2D eigenvalue weighted by molar-refractivity contribution is 5.93. The van der Waals surface area contributed by atoms with Crippen molar-refractivity contribution in [2.24, 2.45) is 0 Å². The number of hydrogen-bond acceptors (Lipinski definition) is 6. The van der Waals surface area contributed by atoms with Crippen LogP contribution in [0.5, 0.6) is 0 Å². The van der Waals surface area contributed by atoms with Crippen LogP contribution in [0.2, 0.25) is 0 Å². The molecule has 162 valence electrons. The molecule has 0 atom stereocenters. The zero-order valence-corrected chi connectivity index (χ0v) is 17.7. The Labute approximate surface area is 180 Å². The van der Waals surface area contributed by atoms with Gasteiger partial charge in [-0.2, -0.15) is 0 Å². The van der Waals surface area contributed by atoms with Crippen molar-refractivity contribution >= 4 is 28.5 Å². The Kier molecular flexibility index (Phi) is 7.50. The number of nitrogens with zero attached hydrogens (tertiary/aromatic N) is 3. The number of amides is 1. The van der Waals surface area contributed by atoms with Gasteiger partial charge < -0.3 is 15.0 Å². The lowest BCUT2D eigenvalue weighted by Gasteiger charge is -2.17. The molecule has 0 saturated carbocycles. The zero-order valence-electron chi connectivity index (χ0n) is 17.7. The molecule has 31 heavy (non-hydrogen) atoms. The van der Waals surface area contributed by atoms with Crippen LogP contribution in [0, 0.1) is 0 Å². The third kappa shape index (κ3) is 5.76. The molecule has 1 amide bonds. The standard InChI is InChI=1S/C23H26N4O4/c1-3-26(4-2)13-14-31-23(30)17-9-11-18(12-10-17)25-21(28)15-27-16-24-20-8-6-5-7-19(20)22(27)29/h5-12,16H,3-4,13-15H2,1-2H3,(H,25,28). The summed E-state index contributed by atoms with van der Waals surface area (Å²) in [7, 11) is 0. The lowest BCUT2D eigenvalue weighted by Crippen LogP contribution is -2.28. The van der Waals surface area contributed by atoms with Gasteiger partial charge in [-0.3, -0.25) is 14.2 Å². The maximum absolute atomic E-state index is 12.5. The summed E-state index contributed by atoms with van der Waals surface area (Å²) in [5, 5.41) is 3.18. The lowest BCUT2D eigenvalue weighted by atomic mass is 10.2. The van der Waals surface area contributed by atoms with Gasteiger partial charge in [0.05, 0.1) is 22.8 Å². The van der Waals surface area contributed by atoms with E-state index in [2.05, 4.69) is 29.0 Å². The van der Waals surface area contributed by atoms with Crippen molar-refractivity contribution < 1.29 is 14.3 Å². The Morgan fingerprint density at radius 1 is 1.06 bits per heavy atom. The smallest absolute Gasteiger partial charge is 0.338 e. The van der Waals surface area contributed by atoms with Crippen molar-refractivity contribution in [1.29, 1.82) is 0 Å². The molecule has 0 aliphatic heterocycles. The van der Waals surface area contributed by atoms with E-state index < -0.39 is 5.97 Å². The number of fused-ring (bicyclic) bond motifs is 1. The van der Waals surface area contributed by atoms with Gasteiger partial charge in [0.1, 0.15) is 13.2 Å². The molecule has 0 fully saturated rings. The molecular weight excluding hydrogens is 396 g/mol. The fraction of sp³-hybridized carbons (Fsp3) is 0.304. The molecule has 0 unspecified atom stereocenters. The number of esters is 1. The molecule has 0 spiro atoms. The van der Waals surface area contributed by atoms with Crippen LogP contribution in [0.1, 0.15) is 24.2 Å². The van der Waals surface area contributed by atoms with Gasteiger partial charge in [0, 0.05) is 12.2 Å². The predicted octanol–water partition coefficient (Wildman–Crippen LogP) is 2.53. The number of ether oxygens (including phenoxy) is 1. The molecule has 1 aromatic heterocycles. The monoisotopic (exact) mass is 422 g/mol. The summed E-state index contributed by atoms with van der Waals surface area (Å²) in [6, 6.07) is 13.4. The predicted molar refractivity (Wildman–Crippen MR) is 119 cm³/mol. The number of rotatable bonds is 9. The van der Waals surface area contributed by atoms with E-state index >= 15 is 0 Å². The van der Waals surface area contributed by atoms with Gasteiger partial charge >= 0.3 is 5.97 Å². The topological polar surface area (TPSA) is 93.5 Å². The van der Waals surface area contributed by atoms with Crippen molar-refractivity contribution in [3.63, 3.8) is 0 Å². The second-order valence-electron chi connectivity index (χ2n) is 6.98. The van der Waals surface area contributed by atoms with Crippen LogP contribution in [0.25, 0.3) is 10.9 Å². The first-order chi connectivity index (χ1) is 15.0. The summed E-state index contributed by atoms with van der Waals surface area (Å²) in [6.07, 6.45) is 1.36. The number of aromatic nitrogens is 2. The van der Waals surface area contributed by atoms with Crippen LogP contribution >= 0.6 is 0 Å². The molecule has 3 aromatic rings. The summed E-state index contributed by atoms with van der Waals surface area (Å²) < 4.78 is 6.56. The number of carbonyl (C=O) groups excluding carboxylic acids is 2. The highest BCUT2D eigenvalue weighted by atomic mass is 16.5. The average Bonchev–Trinajstić information content (AvgIpc) is 2.79. The maximum atomic E-state index is 12.5. The zero-order chi connectivity index (χ0) is 22.2. The summed E-state index contributed by atoms with van der Waals surface area (Å²) in [6.45, 7) is 6.79. The molecule has 2 aromatic carbocycles. The Bertz CT molecular complexity index is 1100. The summed E-state index contributed by atoms with van der Waals surface area (Å²) in [4.78, 5) is 43.4. The van der Waals surface area contributed by atoms with Crippen LogP contribution in [0.4, 0.5) is 5.69 Å². The number of hydrogen-bond donors (Lipinski definition) is 1. The van der Waals surface area contributed by atoms with Crippen molar-refractivity contribution in [3.05, 3.63) is 70.8 Å². The minimum atomic E-state index is -0.404. The minimum Gasteiger partial charge on any atom is -0.461 e. The van der Waals surface area contributed by atoms with Gasteiger partial charge in [-0.15, -0.1) is 0 Å². The van der Waals surface area contributed by atoms with Crippen LogP contribution < -0.4 is 10.9 Å². The van der Waals surface area contributed by atoms with Gasteiger partial charge in [0.25, 0.3) is 5.56 Å². The van der Waals surface area contributed by atoms with Gasteiger partial charge in [0.15, 0.2) is 0 Å². The Morgan fingerprint density at radius 3 is 2.48 bits per heavy atom. The summed E-state index contributed by atoms with van der Waals surface area (Å²) in [5.74, 6) is -0.771. The van der Waals surface area contributed by atoms with Crippen LogP contribution in [0.3, 0.4) is 0 Å². The molecule has 0 aliphatic rings. The van der Waals surface area contributed by atoms with E-state index in [0.717, 1.165) is 13.1 Å². The molecule has 0 bridgehead atoms. The largest absolute Gasteiger partial charge is 0.461 e. The van der Waals surface area contributed by atoms with Gasteiger partial charge in [-0.25, -0.2) is 9.78 Å². The fourth-order valence-electron chi connectivity index (χ4n) is 3.15. The van der Waals surface area contributed by atoms with E-state index in [-0.39, 0.29) is 18.0 Å². The van der Waals surface area contributed by atoms with Crippen LogP contribution in [-0.4, -0.2) is 52.6 Å². The molecule has 0 radical (unpaired) electrons. The van der Waals surface area contributed by atoms with Gasteiger partial charge in [0.2, 0.25) is 5.91 Å². The molecule has 8 nitrogen and oxygen atoms in total. The highest BCUT2D eigenvalue weighted by Gasteiger charge is 2.11. The van der Waals surface area contributed by atoms with Crippen LogP contribution in [-0.2, 0) is 16.1 Å². The van der Waals surface area contributed by atoms with E-state index in [0.29, 0.717) is 35.3 Å². The van der Waals surface area contributed by atoms with E-state index in [4.69, 9.17) is 4.74 Å². The second-order valence-corrected chi connectivity index (χ2v) is 6.98. The van der Waals surface area contributed by atoms with E-state index in [1.54, 1.807) is 48.5 Å². The number of anilines is 1. The summed E-state index contributed by atoms with van der Waals surface area (Å²) >= 11 is 0. The Hall–Kier alpha value is -3.52. The van der Waals surface area contributed by atoms with Crippen molar-refractivity contribution in [1.82, 2.24) is 14.5 Å². The maximum Gasteiger partial charge on any atom is 0.338 e. The number of carbonyl (C=O) groups is 2. The van der Waals surface area contributed by atoms with E-state index in [1.165, 1.54) is 10.9 Å². The molecule has 3 rings (SSSR count). The number of para-hydroxylation sites is 1. The molecular formula is C23H26N4O4. The SMILES string of the molecule is CCN(CC)CCOC(=O)c1ccc(NC(=O)Cn2cnc3ccccc3c2=O)cc1. The third-order valence-electron chi connectivity index (χ3n) is 4.98. The van der Waals surface area contributed by atoms with Crippen molar-refractivity contribution in [3.8, 4) is 0 Å². The normalized spacial score (nSPS) is 10.9. The van der Waals surface area contributed by atoms with Gasteiger partial charge in [-0.05, 0) is 49.5 Å². The lowest BCUT2D eigenvalue weighted by molar-refractivity contribution is -0.116. The second kappa shape index (κ2) is 10.5. The van der Waals surface area contributed by atoms with Crippen LogP contribution in [0.15, 0.2) is 59.7 Å². The van der Waals surface area contributed by atoms with Gasteiger partial charge in [-0.1, -0.05) is 26.0 Å². The molecule has 1 N–H and O–H groups in total. The first-order valence-corrected chi connectivity index (χ1v) is 10.3. The van der Waals surface area contributed by atoms with E-state index in [1.807, 2.05) is 0 Å². The quantitative estimate of drug-likeness (QED) is 0.533. The molecule has 8 heteroatoms. The third-order valence-corrected chi connectivity index (χ3v) is 4.98. The average molecular weight is 422 g/mol. The fourth-order valence-corrected chi connectivity index (χ4v) is 3.15. The molecule has 0 saturated heterocycles. The first kappa shape index (κ1) is 22.2. The highest BCUT2D eigenvalue weighted by Crippen LogP contribution is 2.11. The molecule has 0 aliphatic carbocycles. The first-order valence-electron chi connectivity index (χ1n) is 10.3. The Morgan fingerprint density at radius 2 is 1.77 bits per heavy atom. The van der Waals surface area contributed by atoms with Crippen molar-refractivity contribution in [2.75, 3.05) is 31.6 Å². The summed E-state index contributed by atoms with van der Waals surface area (Å²) in [5.41, 5.74) is 1.24. The van der Waals surface area contributed by atoms with E-state index in [9.17, 15) is 14.4 Å². The molecule has 1 heterocycles. The minimum absolute atomic E-state index is 0.161. The number of likely N-dealkylation sites (N-methyl/N-ethyl adjacent to an activating group) is 1. The Balaban J connectivity index is 1.56. The number of nitrogens with one attached hydrogen (secondary N) is 1. The van der Waals surface area contributed by atoms with Crippen molar-refractivity contribution in [2.45, 2.75) is 20.4 Å².